The average Bonchev–Trinajstić information content (AvgIpc) is 2.03. The van der Waals surface area contributed by atoms with Gasteiger partial charge in [-0.1, -0.05) is 26.0 Å². The SMILES string of the molecule is CCC=CCCCNCCC. The summed E-state index contributed by atoms with van der Waals surface area (Å²) in [6.07, 6.45) is 9.42. The maximum atomic E-state index is 3.38. The van der Waals surface area contributed by atoms with Crippen molar-refractivity contribution in [3.63, 3.8) is 0 Å². The van der Waals surface area contributed by atoms with Gasteiger partial charge in [-0.3, -0.25) is 0 Å². The molecule has 66 valence electrons. The minimum atomic E-state index is 1.16. The lowest BCUT2D eigenvalue weighted by Crippen LogP contribution is -2.15. The van der Waals surface area contributed by atoms with Crippen LogP contribution in [0.1, 0.15) is 39.5 Å². The van der Waals surface area contributed by atoms with Gasteiger partial charge in [0.2, 0.25) is 0 Å². The topological polar surface area (TPSA) is 12.0 Å². The molecule has 1 heteroatoms. The van der Waals surface area contributed by atoms with Crippen molar-refractivity contribution < 1.29 is 0 Å². The van der Waals surface area contributed by atoms with Crippen LogP contribution in [0.2, 0.25) is 0 Å². The molecule has 0 heterocycles. The van der Waals surface area contributed by atoms with Crippen molar-refractivity contribution in [3.8, 4) is 0 Å². The molecule has 0 aliphatic rings. The molecule has 0 fully saturated rings. The Kier molecular flexibility index (Phi) is 9.44. The highest BCUT2D eigenvalue weighted by molar-refractivity contribution is 4.79. The van der Waals surface area contributed by atoms with Crippen molar-refractivity contribution in [2.45, 2.75) is 39.5 Å². The van der Waals surface area contributed by atoms with Crippen LogP contribution in [0.4, 0.5) is 0 Å². The van der Waals surface area contributed by atoms with E-state index in [1.165, 1.54) is 32.2 Å². The van der Waals surface area contributed by atoms with Gasteiger partial charge in [0.25, 0.3) is 0 Å². The van der Waals surface area contributed by atoms with E-state index in [4.69, 9.17) is 0 Å². The maximum absolute atomic E-state index is 3.38. The highest BCUT2D eigenvalue weighted by Gasteiger charge is 1.83. The lowest BCUT2D eigenvalue weighted by atomic mass is 10.2. The molecule has 0 rings (SSSR count). The van der Waals surface area contributed by atoms with Gasteiger partial charge in [-0.15, -0.1) is 0 Å². The van der Waals surface area contributed by atoms with Crippen LogP contribution >= 0.6 is 0 Å². The van der Waals surface area contributed by atoms with Gasteiger partial charge in [0.05, 0.1) is 0 Å². The van der Waals surface area contributed by atoms with E-state index in [-0.39, 0.29) is 0 Å². The van der Waals surface area contributed by atoms with Crippen molar-refractivity contribution in [1.29, 1.82) is 0 Å². The molecule has 1 nitrogen and oxygen atoms in total. The van der Waals surface area contributed by atoms with E-state index in [0.29, 0.717) is 0 Å². The molecule has 11 heavy (non-hydrogen) atoms. The molecule has 0 atom stereocenters. The summed E-state index contributed by atoms with van der Waals surface area (Å²) in [4.78, 5) is 0. The molecular weight excluding hydrogens is 134 g/mol. The Bertz CT molecular complexity index is 86.9. The number of allylic oxidation sites excluding steroid dienone is 2. The van der Waals surface area contributed by atoms with Gasteiger partial charge < -0.3 is 5.32 Å². The summed E-state index contributed by atoms with van der Waals surface area (Å²) >= 11 is 0. The second kappa shape index (κ2) is 9.70. The van der Waals surface area contributed by atoms with Gasteiger partial charge >= 0.3 is 0 Å². The van der Waals surface area contributed by atoms with Crippen LogP contribution in [-0.4, -0.2) is 13.1 Å². The largest absolute Gasteiger partial charge is 0.317 e. The molecule has 0 aliphatic carbocycles. The standard InChI is InChI=1S/C10H21N/c1-3-5-6-7-8-10-11-9-4-2/h5-6,11H,3-4,7-10H2,1-2H3. The smallest absolute Gasteiger partial charge is 0.00460 e. The Labute approximate surface area is 70.9 Å². The number of hydrogen-bond acceptors (Lipinski definition) is 1. The van der Waals surface area contributed by atoms with E-state index in [1.807, 2.05) is 0 Å². The van der Waals surface area contributed by atoms with Crippen molar-refractivity contribution in [1.82, 2.24) is 5.32 Å². The first-order valence-electron chi connectivity index (χ1n) is 4.77. The zero-order chi connectivity index (χ0) is 8.36. The summed E-state index contributed by atoms with van der Waals surface area (Å²) in [5.74, 6) is 0. The summed E-state index contributed by atoms with van der Waals surface area (Å²) in [6, 6.07) is 0. The lowest BCUT2D eigenvalue weighted by Gasteiger charge is -1.99. The molecule has 0 aromatic heterocycles. The number of unbranched alkanes of at least 4 members (excludes halogenated alkanes) is 1. The zero-order valence-electron chi connectivity index (χ0n) is 7.90. The minimum Gasteiger partial charge on any atom is -0.317 e. The van der Waals surface area contributed by atoms with Crippen LogP contribution in [0.3, 0.4) is 0 Å². The second-order valence-electron chi connectivity index (χ2n) is 2.77. The van der Waals surface area contributed by atoms with Crippen LogP contribution in [0, 0.1) is 0 Å². The summed E-state index contributed by atoms with van der Waals surface area (Å²) in [6.45, 7) is 6.70. The first-order valence-corrected chi connectivity index (χ1v) is 4.77. The molecule has 0 aliphatic heterocycles. The third kappa shape index (κ3) is 9.70. The highest BCUT2D eigenvalue weighted by Crippen LogP contribution is 1.90. The number of hydrogen-bond donors (Lipinski definition) is 1. The summed E-state index contributed by atoms with van der Waals surface area (Å²) in [7, 11) is 0. The molecule has 0 saturated carbocycles. The van der Waals surface area contributed by atoms with Crippen molar-refractivity contribution in [3.05, 3.63) is 12.2 Å². The van der Waals surface area contributed by atoms with E-state index in [0.717, 1.165) is 6.54 Å². The summed E-state index contributed by atoms with van der Waals surface area (Å²) < 4.78 is 0. The van der Waals surface area contributed by atoms with Crippen LogP contribution in [0.5, 0.6) is 0 Å². The number of nitrogens with one attached hydrogen (secondary N) is 1. The van der Waals surface area contributed by atoms with Gasteiger partial charge in [-0.25, -0.2) is 0 Å². The molecule has 1 N–H and O–H groups in total. The Morgan fingerprint density at radius 1 is 1.09 bits per heavy atom. The zero-order valence-corrected chi connectivity index (χ0v) is 7.90. The van der Waals surface area contributed by atoms with E-state index >= 15 is 0 Å². The summed E-state index contributed by atoms with van der Waals surface area (Å²) in [5.41, 5.74) is 0. The van der Waals surface area contributed by atoms with Gasteiger partial charge in [0.1, 0.15) is 0 Å². The minimum absolute atomic E-state index is 1.16. The molecular formula is C10H21N. The Balaban J connectivity index is 2.85. The van der Waals surface area contributed by atoms with Gasteiger partial charge in [-0.05, 0) is 38.8 Å². The Hall–Kier alpha value is -0.300. The quantitative estimate of drug-likeness (QED) is 0.440. The molecule has 0 spiro atoms. The Morgan fingerprint density at radius 2 is 1.91 bits per heavy atom. The van der Waals surface area contributed by atoms with Crippen LogP contribution in [-0.2, 0) is 0 Å². The fraction of sp³-hybridized carbons (Fsp3) is 0.800. The molecule has 0 saturated heterocycles. The van der Waals surface area contributed by atoms with Gasteiger partial charge in [-0.2, -0.15) is 0 Å². The highest BCUT2D eigenvalue weighted by atomic mass is 14.8. The normalized spacial score (nSPS) is 11.1. The van der Waals surface area contributed by atoms with E-state index in [2.05, 4.69) is 31.3 Å². The van der Waals surface area contributed by atoms with Crippen molar-refractivity contribution >= 4 is 0 Å². The van der Waals surface area contributed by atoms with E-state index in [1.54, 1.807) is 0 Å². The molecule has 0 radical (unpaired) electrons. The van der Waals surface area contributed by atoms with Crippen molar-refractivity contribution in [2.24, 2.45) is 0 Å². The van der Waals surface area contributed by atoms with Crippen molar-refractivity contribution in [2.75, 3.05) is 13.1 Å². The molecule has 0 aromatic rings. The Morgan fingerprint density at radius 3 is 2.55 bits per heavy atom. The molecule has 0 bridgehead atoms. The van der Waals surface area contributed by atoms with E-state index in [9.17, 15) is 0 Å². The third-order valence-electron chi connectivity index (χ3n) is 1.55. The summed E-state index contributed by atoms with van der Waals surface area (Å²) in [5, 5.41) is 3.38. The van der Waals surface area contributed by atoms with Crippen LogP contribution in [0.15, 0.2) is 12.2 Å². The van der Waals surface area contributed by atoms with Crippen LogP contribution in [0.25, 0.3) is 0 Å². The first kappa shape index (κ1) is 10.7. The molecule has 0 amide bonds. The molecule has 0 unspecified atom stereocenters. The maximum Gasteiger partial charge on any atom is -0.00460 e. The lowest BCUT2D eigenvalue weighted by molar-refractivity contribution is 0.644. The third-order valence-corrected chi connectivity index (χ3v) is 1.55. The van der Waals surface area contributed by atoms with Gasteiger partial charge in [0, 0.05) is 0 Å². The van der Waals surface area contributed by atoms with Gasteiger partial charge in [0.15, 0.2) is 0 Å². The fourth-order valence-electron chi connectivity index (χ4n) is 0.931. The van der Waals surface area contributed by atoms with E-state index < -0.39 is 0 Å². The monoisotopic (exact) mass is 155 g/mol. The van der Waals surface area contributed by atoms with Crippen LogP contribution < -0.4 is 5.32 Å². The first-order chi connectivity index (χ1) is 5.41. The average molecular weight is 155 g/mol. The second-order valence-corrected chi connectivity index (χ2v) is 2.77. The number of rotatable bonds is 7. The fourth-order valence-corrected chi connectivity index (χ4v) is 0.931. The molecule has 0 aromatic carbocycles. The predicted molar refractivity (Wildman–Crippen MR) is 51.8 cm³/mol. The predicted octanol–water partition coefficient (Wildman–Crippen LogP) is 2.73.